The molecular formula is C21H18N2O2. The number of hydrogen-bond donors (Lipinski definition) is 0. The van der Waals surface area contributed by atoms with E-state index in [2.05, 4.69) is 0 Å². The van der Waals surface area contributed by atoms with Crippen LogP contribution in [0.25, 0.3) is 27.7 Å². The molecule has 0 fully saturated rings. The van der Waals surface area contributed by atoms with Gasteiger partial charge in [-0.2, -0.15) is 4.40 Å². The van der Waals surface area contributed by atoms with Crippen LogP contribution in [0.5, 0.6) is 5.88 Å². The van der Waals surface area contributed by atoms with Crippen molar-refractivity contribution in [1.82, 2.24) is 4.40 Å². The Morgan fingerprint density at radius 1 is 0.960 bits per heavy atom. The molecule has 4 aromatic rings. The number of para-hydroxylation sites is 1. The van der Waals surface area contributed by atoms with Gasteiger partial charge in [0, 0.05) is 11.5 Å². The standard InChI is InChI=1S/C21H18N2O2/c1-2-14-22-18-13-12-15-8-6-7-11-17(15)23(18)21(25)19(20(22)24)16-9-4-3-5-10-16/h3-13H,2,14H2,1H3. The Bertz CT molecular complexity index is 1130. The number of benzene rings is 2. The van der Waals surface area contributed by atoms with Crippen LogP contribution < -0.4 is 15.2 Å². The maximum Gasteiger partial charge on any atom is 0.350 e. The average molecular weight is 330 g/mol. The van der Waals surface area contributed by atoms with Crippen LogP contribution in [0.4, 0.5) is 0 Å². The largest absolute Gasteiger partial charge is 0.842 e. The lowest BCUT2D eigenvalue weighted by Crippen LogP contribution is -2.44. The van der Waals surface area contributed by atoms with Crippen molar-refractivity contribution in [2.45, 2.75) is 19.9 Å². The Hall–Kier alpha value is -3.14. The minimum atomic E-state index is -0.268. The van der Waals surface area contributed by atoms with Gasteiger partial charge in [0.15, 0.2) is 0 Å². The van der Waals surface area contributed by atoms with Crippen LogP contribution in [0.15, 0.2) is 71.5 Å². The molecule has 2 aromatic carbocycles. The molecule has 124 valence electrons. The summed E-state index contributed by atoms with van der Waals surface area (Å²) in [6, 6.07) is 20.7. The lowest BCUT2D eigenvalue weighted by molar-refractivity contribution is -0.715. The molecule has 4 nitrogen and oxygen atoms in total. The highest BCUT2D eigenvalue weighted by atomic mass is 16.3. The van der Waals surface area contributed by atoms with Crippen molar-refractivity contribution in [1.29, 1.82) is 0 Å². The van der Waals surface area contributed by atoms with Crippen LogP contribution >= 0.6 is 0 Å². The van der Waals surface area contributed by atoms with E-state index < -0.39 is 0 Å². The normalized spacial score (nSPS) is 11.2. The summed E-state index contributed by atoms with van der Waals surface area (Å²) in [7, 11) is 0. The third-order valence-corrected chi connectivity index (χ3v) is 4.48. The van der Waals surface area contributed by atoms with E-state index in [0.717, 1.165) is 17.3 Å². The maximum absolute atomic E-state index is 13.3. The van der Waals surface area contributed by atoms with Gasteiger partial charge in [0.1, 0.15) is 11.1 Å². The summed E-state index contributed by atoms with van der Waals surface area (Å²) in [5.41, 5.74) is 2.06. The van der Waals surface area contributed by atoms with Crippen LogP contribution in [0.2, 0.25) is 0 Å². The van der Waals surface area contributed by atoms with Crippen molar-refractivity contribution in [3.63, 3.8) is 0 Å². The first kappa shape index (κ1) is 15.4. The van der Waals surface area contributed by atoms with Gasteiger partial charge in [0.25, 0.3) is 5.65 Å². The summed E-state index contributed by atoms with van der Waals surface area (Å²) in [5, 5.41) is 14.1. The molecule has 25 heavy (non-hydrogen) atoms. The highest BCUT2D eigenvalue weighted by molar-refractivity contribution is 5.82. The highest BCUT2D eigenvalue weighted by Gasteiger charge is 2.21. The van der Waals surface area contributed by atoms with E-state index in [-0.39, 0.29) is 17.0 Å². The summed E-state index contributed by atoms with van der Waals surface area (Å²) in [4.78, 5) is 13.3. The van der Waals surface area contributed by atoms with Gasteiger partial charge in [-0.05, 0) is 24.1 Å². The number of aryl methyl sites for hydroxylation is 1. The number of pyridine rings is 1. The molecular weight excluding hydrogens is 312 g/mol. The highest BCUT2D eigenvalue weighted by Crippen LogP contribution is 2.23. The molecule has 4 rings (SSSR count). The Morgan fingerprint density at radius 2 is 1.68 bits per heavy atom. The van der Waals surface area contributed by atoms with Crippen molar-refractivity contribution in [2.24, 2.45) is 0 Å². The zero-order valence-corrected chi connectivity index (χ0v) is 14.0. The topological polar surface area (TPSA) is 48.4 Å². The summed E-state index contributed by atoms with van der Waals surface area (Å²) in [5.74, 6) is -0.228. The van der Waals surface area contributed by atoms with Gasteiger partial charge in [-0.1, -0.05) is 55.5 Å². The first-order valence-electron chi connectivity index (χ1n) is 8.45. The van der Waals surface area contributed by atoms with Crippen molar-refractivity contribution in [3.8, 4) is 17.0 Å². The van der Waals surface area contributed by atoms with Gasteiger partial charge in [-0.15, -0.1) is 0 Å². The van der Waals surface area contributed by atoms with Gasteiger partial charge < -0.3 is 5.11 Å². The van der Waals surface area contributed by atoms with Gasteiger partial charge in [0.05, 0.1) is 12.4 Å². The monoisotopic (exact) mass is 330 g/mol. The quantitative estimate of drug-likeness (QED) is 0.428. The van der Waals surface area contributed by atoms with Crippen LogP contribution in [0, 0.1) is 0 Å². The van der Waals surface area contributed by atoms with Gasteiger partial charge in [0.2, 0.25) is 0 Å². The zero-order valence-electron chi connectivity index (χ0n) is 14.0. The fourth-order valence-electron chi connectivity index (χ4n) is 3.35. The second-order valence-corrected chi connectivity index (χ2v) is 6.09. The average Bonchev–Trinajstić information content (AvgIpc) is 2.65. The van der Waals surface area contributed by atoms with E-state index in [1.807, 2.05) is 73.7 Å². The molecule has 0 aliphatic rings. The lowest BCUT2D eigenvalue weighted by Gasteiger charge is -2.17. The molecule has 0 aliphatic heterocycles. The molecule has 0 spiro atoms. The summed E-state index contributed by atoms with van der Waals surface area (Å²) in [6.07, 6.45) is 0.814. The van der Waals surface area contributed by atoms with Crippen LogP contribution in [0.1, 0.15) is 13.3 Å². The SMILES string of the molecule is CCC[n+]1c([O-])c(-c2ccccc2)c(=O)n2c3ccccc3ccc21. The van der Waals surface area contributed by atoms with E-state index in [1.54, 1.807) is 8.97 Å². The molecule has 0 aliphatic carbocycles. The molecule has 0 unspecified atom stereocenters. The Morgan fingerprint density at radius 3 is 2.44 bits per heavy atom. The van der Waals surface area contributed by atoms with Crippen molar-refractivity contribution in [3.05, 3.63) is 77.1 Å². The molecule has 2 aromatic heterocycles. The number of hydrogen-bond acceptors (Lipinski definition) is 2. The first-order valence-corrected chi connectivity index (χ1v) is 8.45. The third-order valence-electron chi connectivity index (χ3n) is 4.48. The number of aromatic nitrogens is 2. The fraction of sp³-hybridized carbons (Fsp3) is 0.143. The second kappa shape index (κ2) is 6.06. The molecule has 2 heterocycles. The lowest BCUT2D eigenvalue weighted by atomic mass is 10.1. The van der Waals surface area contributed by atoms with Crippen LogP contribution in [0.3, 0.4) is 0 Å². The molecule has 0 atom stereocenters. The molecule has 0 amide bonds. The Labute approximate surface area is 145 Å². The molecule has 0 N–H and O–H groups in total. The van der Waals surface area contributed by atoms with Gasteiger partial charge in [-0.3, -0.25) is 0 Å². The smallest absolute Gasteiger partial charge is 0.350 e. The predicted octanol–water partition coefficient (Wildman–Crippen LogP) is 2.89. The van der Waals surface area contributed by atoms with E-state index >= 15 is 0 Å². The fourth-order valence-corrected chi connectivity index (χ4v) is 3.35. The number of rotatable bonds is 3. The van der Waals surface area contributed by atoms with Crippen molar-refractivity contribution in [2.75, 3.05) is 0 Å². The molecule has 0 radical (unpaired) electrons. The number of nitrogens with zero attached hydrogens (tertiary/aromatic N) is 2. The van der Waals surface area contributed by atoms with Gasteiger partial charge >= 0.3 is 5.56 Å². The van der Waals surface area contributed by atoms with E-state index in [4.69, 9.17) is 0 Å². The minimum Gasteiger partial charge on any atom is -0.842 e. The van der Waals surface area contributed by atoms with Gasteiger partial charge in [-0.25, -0.2) is 9.36 Å². The molecule has 0 bridgehead atoms. The van der Waals surface area contributed by atoms with E-state index in [1.165, 1.54) is 0 Å². The second-order valence-electron chi connectivity index (χ2n) is 6.09. The van der Waals surface area contributed by atoms with Crippen molar-refractivity contribution < 1.29 is 9.67 Å². The summed E-state index contributed by atoms with van der Waals surface area (Å²) < 4.78 is 3.37. The number of fused-ring (bicyclic) bond motifs is 3. The molecule has 0 saturated carbocycles. The maximum atomic E-state index is 13.3. The molecule has 0 saturated heterocycles. The zero-order chi connectivity index (χ0) is 17.4. The molecule has 4 heteroatoms. The summed E-state index contributed by atoms with van der Waals surface area (Å²) >= 11 is 0. The Kier molecular flexibility index (Phi) is 3.73. The van der Waals surface area contributed by atoms with E-state index in [0.29, 0.717) is 17.8 Å². The summed E-state index contributed by atoms with van der Waals surface area (Å²) in [6.45, 7) is 2.60. The van der Waals surface area contributed by atoms with Crippen LogP contribution in [-0.4, -0.2) is 4.40 Å². The predicted molar refractivity (Wildman–Crippen MR) is 96.5 cm³/mol. The minimum absolute atomic E-state index is 0.225. The van der Waals surface area contributed by atoms with E-state index in [9.17, 15) is 9.90 Å². The first-order chi connectivity index (χ1) is 12.2. The Balaban J connectivity index is 2.23. The van der Waals surface area contributed by atoms with Crippen molar-refractivity contribution >= 4 is 16.6 Å². The van der Waals surface area contributed by atoms with Crippen LogP contribution in [-0.2, 0) is 6.54 Å². The third kappa shape index (κ3) is 2.38.